The molecule has 0 aliphatic heterocycles. The lowest BCUT2D eigenvalue weighted by Gasteiger charge is -2.72. The van der Waals surface area contributed by atoms with Gasteiger partial charge in [0.2, 0.25) is 5.91 Å². The normalized spacial score (nSPS) is 41.5. The van der Waals surface area contributed by atoms with Crippen molar-refractivity contribution in [1.82, 2.24) is 10.6 Å². The van der Waals surface area contributed by atoms with E-state index in [4.69, 9.17) is 0 Å². The van der Waals surface area contributed by atoms with E-state index in [9.17, 15) is 14.7 Å². The zero-order valence-electron chi connectivity index (χ0n) is 29.0. The highest BCUT2D eigenvalue weighted by molar-refractivity contribution is 5.88. The van der Waals surface area contributed by atoms with Crippen LogP contribution in [-0.2, 0) is 4.79 Å². The van der Waals surface area contributed by atoms with Gasteiger partial charge in [0.1, 0.15) is 0 Å². The number of benzene rings is 1. The van der Waals surface area contributed by atoms with E-state index in [1.165, 1.54) is 68.1 Å². The van der Waals surface area contributed by atoms with Gasteiger partial charge in [-0.3, -0.25) is 4.79 Å². The molecule has 0 heterocycles. The number of hydrogen-bond donors (Lipinski definition) is 3. The molecule has 4 saturated carbocycles. The summed E-state index contributed by atoms with van der Waals surface area (Å²) in [6, 6.07) is 7.58. The number of aromatic carboxylic acids is 1. The van der Waals surface area contributed by atoms with Crippen LogP contribution in [0.2, 0.25) is 0 Å². The first kappa shape index (κ1) is 32.5. The molecule has 6 rings (SSSR count). The lowest BCUT2D eigenvalue weighted by Crippen LogP contribution is -2.68. The van der Waals surface area contributed by atoms with Crippen molar-refractivity contribution >= 4 is 17.4 Å². The number of carbonyl (C=O) groups excluding carboxylic acids is 1. The van der Waals surface area contributed by atoms with Crippen molar-refractivity contribution in [3.63, 3.8) is 0 Å². The Kier molecular flexibility index (Phi) is 8.03. The Hall–Kier alpha value is -2.40. The summed E-state index contributed by atoms with van der Waals surface area (Å²) in [4.78, 5) is 23.1. The molecule has 0 aromatic heterocycles. The lowest BCUT2D eigenvalue weighted by molar-refractivity contribution is -0.219. The van der Waals surface area contributed by atoms with Crippen LogP contribution in [0.3, 0.4) is 0 Å². The first-order valence-corrected chi connectivity index (χ1v) is 17.8. The van der Waals surface area contributed by atoms with E-state index in [-0.39, 0.29) is 33.1 Å². The molecule has 246 valence electrons. The summed E-state index contributed by atoms with van der Waals surface area (Å²) < 4.78 is 0. The monoisotopic (exact) mass is 614 g/mol. The third kappa shape index (κ3) is 4.80. The first-order valence-electron chi connectivity index (χ1n) is 17.8. The highest BCUT2D eigenvalue weighted by atomic mass is 16.4. The van der Waals surface area contributed by atoms with Crippen molar-refractivity contribution < 1.29 is 14.7 Å². The fourth-order valence-electron chi connectivity index (χ4n) is 12.9. The number of rotatable bonds is 7. The van der Waals surface area contributed by atoms with Crippen LogP contribution < -0.4 is 10.6 Å². The van der Waals surface area contributed by atoms with Gasteiger partial charge in [-0.1, -0.05) is 65.0 Å². The quantitative estimate of drug-likeness (QED) is 0.213. The minimum absolute atomic E-state index is 0.0207. The van der Waals surface area contributed by atoms with E-state index >= 15 is 0 Å². The predicted molar refractivity (Wildman–Crippen MR) is 183 cm³/mol. The van der Waals surface area contributed by atoms with Gasteiger partial charge in [-0.2, -0.15) is 0 Å². The molecule has 9 unspecified atom stereocenters. The second-order valence-corrected chi connectivity index (χ2v) is 17.2. The van der Waals surface area contributed by atoms with Crippen LogP contribution in [0.5, 0.6) is 0 Å². The van der Waals surface area contributed by atoms with Crippen LogP contribution in [-0.4, -0.2) is 35.6 Å². The minimum Gasteiger partial charge on any atom is -0.478 e. The predicted octanol–water partition coefficient (Wildman–Crippen LogP) is 8.51. The van der Waals surface area contributed by atoms with E-state index in [1.807, 2.05) is 12.1 Å². The number of amides is 1. The van der Waals surface area contributed by atoms with Gasteiger partial charge >= 0.3 is 5.97 Å². The second kappa shape index (κ2) is 11.1. The highest BCUT2D eigenvalue weighted by Crippen LogP contribution is 2.76. The number of fused-ring (bicyclic) bond motifs is 7. The lowest BCUT2D eigenvalue weighted by atomic mass is 9.33. The smallest absolute Gasteiger partial charge is 0.335 e. The molecule has 0 saturated heterocycles. The summed E-state index contributed by atoms with van der Waals surface area (Å²) in [6.45, 7) is 22.9. The van der Waals surface area contributed by atoms with Crippen LogP contribution >= 0.6 is 0 Å². The molecule has 3 N–H and O–H groups in total. The number of carbonyl (C=O) groups is 2. The summed E-state index contributed by atoms with van der Waals surface area (Å²) in [5, 5.41) is 16.5. The van der Waals surface area contributed by atoms with Crippen molar-refractivity contribution in [1.29, 1.82) is 0 Å². The number of allylic oxidation sites excluding steroid dienone is 3. The Morgan fingerprint density at radius 1 is 0.867 bits per heavy atom. The molecule has 0 radical (unpaired) electrons. The van der Waals surface area contributed by atoms with Gasteiger partial charge in [-0.15, -0.1) is 0 Å². The van der Waals surface area contributed by atoms with Crippen LogP contribution in [0.25, 0.3) is 5.57 Å². The van der Waals surface area contributed by atoms with Crippen molar-refractivity contribution in [2.75, 3.05) is 13.1 Å². The summed E-state index contributed by atoms with van der Waals surface area (Å²) in [7, 11) is 0. The zero-order valence-corrected chi connectivity index (χ0v) is 29.0. The summed E-state index contributed by atoms with van der Waals surface area (Å²) in [5.74, 6) is 2.32. The van der Waals surface area contributed by atoms with Gasteiger partial charge in [0.05, 0.1) is 5.56 Å². The van der Waals surface area contributed by atoms with E-state index in [1.54, 1.807) is 19.1 Å². The van der Waals surface area contributed by atoms with E-state index in [0.29, 0.717) is 41.7 Å². The molecular formula is C40H58N2O3. The molecule has 5 aliphatic carbocycles. The Balaban J connectivity index is 1.31. The zero-order chi connectivity index (χ0) is 32.6. The highest BCUT2D eigenvalue weighted by Gasteiger charge is 2.70. The number of hydrogen-bond acceptors (Lipinski definition) is 3. The first-order chi connectivity index (χ1) is 21.1. The van der Waals surface area contributed by atoms with Crippen molar-refractivity contribution in [2.24, 2.45) is 51.2 Å². The van der Waals surface area contributed by atoms with Gasteiger partial charge in [-0.05, 0) is 139 Å². The molecular weight excluding hydrogens is 556 g/mol. The average Bonchev–Trinajstić information content (AvgIpc) is 3.36. The molecule has 5 nitrogen and oxygen atoms in total. The Labute approximate surface area is 272 Å². The standard InChI is InChI=1S/C40H58N2O3/c1-25(2)29-15-20-40(42-24-23-41-26(3)43)22-21-38(7)31(34(29)40)13-14-33-37(6)18-16-30(27-9-11-28(12-10-27)35(44)45)36(4,5)32(37)17-19-39(33,38)8/h9-12,16,29,31-34,42H,1,13-15,17-24H2,2-8H3,(H,41,43)(H,44,45). The van der Waals surface area contributed by atoms with E-state index in [0.717, 1.165) is 13.0 Å². The Bertz CT molecular complexity index is 1390. The van der Waals surface area contributed by atoms with Gasteiger partial charge in [0.25, 0.3) is 0 Å². The van der Waals surface area contributed by atoms with E-state index < -0.39 is 5.97 Å². The summed E-state index contributed by atoms with van der Waals surface area (Å²) in [6.07, 6.45) is 13.7. The van der Waals surface area contributed by atoms with Gasteiger partial charge < -0.3 is 15.7 Å². The summed E-state index contributed by atoms with van der Waals surface area (Å²) >= 11 is 0. The van der Waals surface area contributed by atoms with Gasteiger partial charge in [-0.25, -0.2) is 4.79 Å². The Morgan fingerprint density at radius 3 is 2.22 bits per heavy atom. The third-order valence-electron chi connectivity index (χ3n) is 15.1. The number of carboxylic acids is 1. The number of nitrogens with one attached hydrogen (secondary N) is 2. The minimum atomic E-state index is -0.866. The molecule has 4 fully saturated rings. The molecule has 5 heteroatoms. The SMILES string of the molecule is C=C(C)C1CCC2(NCCNC(C)=O)CCC3(C)C(CCC4C5(C)CC=C(c6ccc(C(=O)O)cc6)C(C)(C)C5CCC43C)C12. The molecule has 45 heavy (non-hydrogen) atoms. The molecule has 1 amide bonds. The number of carboxylic acid groups (broad SMARTS) is 1. The molecule has 9 atom stereocenters. The van der Waals surface area contributed by atoms with Crippen LogP contribution in [0.1, 0.15) is 122 Å². The molecule has 0 spiro atoms. The third-order valence-corrected chi connectivity index (χ3v) is 15.1. The van der Waals surface area contributed by atoms with Crippen LogP contribution in [0, 0.1) is 51.2 Å². The molecule has 5 aliphatic rings. The van der Waals surface area contributed by atoms with E-state index in [2.05, 4.69) is 64.8 Å². The molecule has 0 bridgehead atoms. The van der Waals surface area contributed by atoms with Crippen molar-refractivity contribution in [3.8, 4) is 0 Å². The molecule has 1 aromatic carbocycles. The van der Waals surface area contributed by atoms with Gasteiger partial charge in [0.15, 0.2) is 0 Å². The fraction of sp³-hybridized carbons (Fsp3) is 0.700. The Morgan fingerprint density at radius 2 is 1.58 bits per heavy atom. The second-order valence-electron chi connectivity index (χ2n) is 17.2. The topological polar surface area (TPSA) is 78.4 Å². The van der Waals surface area contributed by atoms with Crippen molar-refractivity contribution in [2.45, 2.75) is 112 Å². The van der Waals surface area contributed by atoms with Crippen molar-refractivity contribution in [3.05, 3.63) is 53.6 Å². The largest absolute Gasteiger partial charge is 0.478 e. The average molecular weight is 615 g/mol. The maximum atomic E-state index is 11.6. The van der Waals surface area contributed by atoms with Crippen LogP contribution in [0.15, 0.2) is 42.5 Å². The maximum absolute atomic E-state index is 11.6. The van der Waals surface area contributed by atoms with Crippen LogP contribution in [0.4, 0.5) is 0 Å². The fourth-order valence-corrected chi connectivity index (χ4v) is 12.9. The summed E-state index contributed by atoms with van der Waals surface area (Å²) in [5.41, 5.74) is 5.28. The molecule has 1 aromatic rings. The maximum Gasteiger partial charge on any atom is 0.335 e. The van der Waals surface area contributed by atoms with Gasteiger partial charge in [0, 0.05) is 25.6 Å².